The summed E-state index contributed by atoms with van der Waals surface area (Å²) < 4.78 is 24.1. The van der Waals surface area contributed by atoms with Gasteiger partial charge in [-0.2, -0.15) is 19.2 Å². The van der Waals surface area contributed by atoms with E-state index in [1.54, 1.807) is 0 Å². The molecule has 6 heterocycles. The third kappa shape index (κ3) is 4.40. The molecule has 14 nitrogen and oxygen atoms in total. The van der Waals surface area contributed by atoms with Crippen LogP contribution < -0.4 is 30.1 Å². The average Bonchev–Trinajstić information content (AvgIpc) is 3.80. The summed E-state index contributed by atoms with van der Waals surface area (Å²) in [7, 11) is 0. The number of aromatic nitrogens is 8. The summed E-state index contributed by atoms with van der Waals surface area (Å²) in [5.74, 6) is 2.63. The average molecular weight is 603 g/mol. The van der Waals surface area contributed by atoms with Crippen LogP contribution in [0, 0.1) is 0 Å². The topological polar surface area (TPSA) is 157 Å². The molecule has 0 N–H and O–H groups in total. The van der Waals surface area contributed by atoms with Gasteiger partial charge in [-0.25, -0.2) is 0 Å². The number of hydrogen-bond donors (Lipinski definition) is 0. The fraction of sp³-hybridized carbons (Fsp3) is 0.231. The Morgan fingerprint density at radius 2 is 1.07 bits per heavy atom. The van der Waals surface area contributed by atoms with E-state index in [-0.39, 0.29) is 48.9 Å². The molecule has 8 rings (SSSR count). The van der Waals surface area contributed by atoms with Crippen molar-refractivity contribution in [2.75, 3.05) is 13.6 Å². The van der Waals surface area contributed by atoms with Gasteiger partial charge in [0.1, 0.15) is 21.4 Å². The number of nitrogens with zero attached hydrogens (tertiary/aromatic N) is 8. The molecule has 0 atom stereocenters. The highest BCUT2D eigenvalue weighted by molar-refractivity contribution is 7.17. The van der Waals surface area contributed by atoms with Crippen LogP contribution in [0.2, 0.25) is 0 Å². The van der Waals surface area contributed by atoms with Crippen LogP contribution in [0.4, 0.5) is 0 Å². The van der Waals surface area contributed by atoms with Crippen molar-refractivity contribution in [1.82, 2.24) is 39.6 Å². The molecule has 0 saturated heterocycles. The maximum absolute atomic E-state index is 13.1. The Hall–Kier alpha value is -4.96. The molecule has 0 saturated carbocycles. The number of ether oxygens (including phenoxy) is 4. The van der Waals surface area contributed by atoms with E-state index in [1.165, 1.54) is 31.7 Å². The molecular formula is C26H18N8O6S2. The maximum Gasteiger partial charge on any atom is 0.297 e. The molecule has 0 unspecified atom stereocenters. The first-order valence-electron chi connectivity index (χ1n) is 12.8. The van der Waals surface area contributed by atoms with Crippen LogP contribution in [0.5, 0.6) is 23.0 Å². The summed E-state index contributed by atoms with van der Waals surface area (Å²) in [4.78, 5) is 27.0. The molecule has 2 aliphatic rings. The van der Waals surface area contributed by atoms with Crippen molar-refractivity contribution in [3.8, 4) is 23.0 Å². The molecule has 0 spiro atoms. The Balaban J connectivity index is 0.989. The van der Waals surface area contributed by atoms with E-state index in [0.717, 1.165) is 11.1 Å². The highest BCUT2D eigenvalue weighted by Gasteiger charge is 2.19. The van der Waals surface area contributed by atoms with Gasteiger partial charge in [0.2, 0.25) is 23.5 Å². The van der Waals surface area contributed by atoms with Gasteiger partial charge in [0.25, 0.3) is 11.1 Å². The van der Waals surface area contributed by atoms with Gasteiger partial charge >= 0.3 is 0 Å². The minimum Gasteiger partial charge on any atom is -0.454 e. The van der Waals surface area contributed by atoms with Gasteiger partial charge in [0.15, 0.2) is 23.0 Å². The minimum atomic E-state index is -0.322. The highest BCUT2D eigenvalue weighted by Crippen LogP contribution is 2.33. The van der Waals surface area contributed by atoms with E-state index in [1.807, 2.05) is 36.4 Å². The Labute approximate surface area is 242 Å². The van der Waals surface area contributed by atoms with Crippen molar-refractivity contribution in [2.45, 2.75) is 25.7 Å². The lowest BCUT2D eigenvalue weighted by molar-refractivity contribution is 0.173. The van der Waals surface area contributed by atoms with Crippen LogP contribution >= 0.6 is 22.7 Å². The second-order valence-corrected chi connectivity index (χ2v) is 11.6. The van der Waals surface area contributed by atoms with Gasteiger partial charge in [-0.1, -0.05) is 34.8 Å². The van der Waals surface area contributed by atoms with E-state index in [0.29, 0.717) is 55.8 Å². The summed E-state index contributed by atoms with van der Waals surface area (Å²) in [6.07, 6.45) is 1.57. The van der Waals surface area contributed by atoms with Gasteiger partial charge in [-0.3, -0.25) is 9.59 Å². The molecular weight excluding hydrogens is 584 g/mol. The molecule has 0 aliphatic carbocycles. The fourth-order valence-electron chi connectivity index (χ4n) is 4.70. The summed E-state index contributed by atoms with van der Waals surface area (Å²) in [5.41, 5.74) is 1.63. The fourth-order valence-corrected chi connectivity index (χ4v) is 6.36. The molecule has 2 aliphatic heterocycles. The van der Waals surface area contributed by atoms with Crippen molar-refractivity contribution >= 4 is 32.6 Å². The molecule has 0 fully saturated rings. The van der Waals surface area contributed by atoms with E-state index < -0.39 is 0 Å². The summed E-state index contributed by atoms with van der Waals surface area (Å²) in [6.45, 7) is 0.360. The van der Waals surface area contributed by atoms with Crippen LogP contribution in [0.25, 0.3) is 9.92 Å². The van der Waals surface area contributed by atoms with Crippen molar-refractivity contribution in [3.05, 3.63) is 89.6 Å². The predicted octanol–water partition coefficient (Wildman–Crippen LogP) is 1.83. The van der Waals surface area contributed by atoms with Gasteiger partial charge in [-0.05, 0) is 35.4 Å². The van der Waals surface area contributed by atoms with Gasteiger partial charge in [0.05, 0.1) is 0 Å². The standard InChI is InChI=1S/C26H18N8O6S2/c35-23-15(7-13-1-3-17-19(9-13)39-11-37-17)27-29-25-33(23)31-21(41-25)5-6-22-32-34-24(36)16(28-30-26(34)42-22)8-14-2-4-18-20(10-14)40-12-38-18/h1-4,9-10H,5-8,11-12H2. The number of hydrogen-bond acceptors (Lipinski definition) is 14. The molecule has 6 aromatic rings. The predicted molar refractivity (Wildman–Crippen MR) is 148 cm³/mol. The first-order chi connectivity index (χ1) is 20.6. The third-order valence-corrected chi connectivity index (χ3v) is 8.68. The first-order valence-corrected chi connectivity index (χ1v) is 14.5. The number of rotatable bonds is 7. The number of aryl methyl sites for hydroxylation is 2. The van der Waals surface area contributed by atoms with Crippen LogP contribution in [-0.2, 0) is 25.7 Å². The van der Waals surface area contributed by atoms with Crippen molar-refractivity contribution in [2.24, 2.45) is 0 Å². The van der Waals surface area contributed by atoms with E-state index in [9.17, 15) is 9.59 Å². The third-order valence-electron chi connectivity index (χ3n) is 6.76. The number of benzene rings is 2. The maximum atomic E-state index is 13.1. The minimum absolute atomic E-state index is 0.180. The summed E-state index contributed by atoms with van der Waals surface area (Å²) in [5, 5.41) is 27.1. The monoisotopic (exact) mass is 602 g/mol. The van der Waals surface area contributed by atoms with E-state index in [2.05, 4.69) is 30.6 Å². The number of fused-ring (bicyclic) bond motifs is 4. The summed E-state index contributed by atoms with van der Waals surface area (Å²) in [6, 6.07) is 11.0. The smallest absolute Gasteiger partial charge is 0.297 e. The van der Waals surface area contributed by atoms with E-state index >= 15 is 0 Å². The molecule has 210 valence electrons. The van der Waals surface area contributed by atoms with Gasteiger partial charge in [0, 0.05) is 25.7 Å². The molecule has 42 heavy (non-hydrogen) atoms. The lowest BCUT2D eigenvalue weighted by Crippen LogP contribution is -2.22. The largest absolute Gasteiger partial charge is 0.454 e. The highest BCUT2D eigenvalue weighted by atomic mass is 32.1. The molecule has 4 aromatic heterocycles. The molecule has 16 heteroatoms. The second kappa shape index (κ2) is 9.85. The normalized spacial score (nSPS) is 13.4. The summed E-state index contributed by atoms with van der Waals surface area (Å²) >= 11 is 2.57. The van der Waals surface area contributed by atoms with Crippen molar-refractivity contribution in [1.29, 1.82) is 0 Å². The molecule has 0 amide bonds. The van der Waals surface area contributed by atoms with E-state index in [4.69, 9.17) is 18.9 Å². The van der Waals surface area contributed by atoms with Gasteiger partial charge < -0.3 is 18.9 Å². The molecule has 0 bridgehead atoms. The zero-order valence-corrected chi connectivity index (χ0v) is 23.2. The zero-order chi connectivity index (χ0) is 28.2. The quantitative estimate of drug-likeness (QED) is 0.262. The van der Waals surface area contributed by atoms with Crippen LogP contribution in [0.3, 0.4) is 0 Å². The van der Waals surface area contributed by atoms with Gasteiger partial charge in [-0.15, -0.1) is 20.4 Å². The van der Waals surface area contributed by atoms with Crippen molar-refractivity contribution in [3.63, 3.8) is 0 Å². The molecule has 0 radical (unpaired) electrons. The van der Waals surface area contributed by atoms with Crippen LogP contribution in [0.15, 0.2) is 46.0 Å². The van der Waals surface area contributed by atoms with Crippen molar-refractivity contribution < 1.29 is 18.9 Å². The van der Waals surface area contributed by atoms with Crippen LogP contribution in [0.1, 0.15) is 32.5 Å². The van der Waals surface area contributed by atoms with Crippen LogP contribution in [-0.4, -0.2) is 53.2 Å². The Morgan fingerprint density at radius 1 is 0.619 bits per heavy atom. The lowest BCUT2D eigenvalue weighted by atomic mass is 10.1. The lowest BCUT2D eigenvalue weighted by Gasteiger charge is -2.02. The SMILES string of the molecule is O=c1c(Cc2ccc3c(c2)OCO3)nnc2sc(CCc3nn4c(=O)c(Cc5ccc6c(c5)OCO6)nnc4s3)nn12. The Kier molecular flexibility index (Phi) is 5.81. The Bertz CT molecular complexity index is 1990. The zero-order valence-electron chi connectivity index (χ0n) is 21.6. The Morgan fingerprint density at radius 3 is 1.55 bits per heavy atom. The second-order valence-electron chi connectivity index (χ2n) is 9.51. The molecule has 2 aromatic carbocycles. The first kappa shape index (κ1) is 24.8.